The van der Waals surface area contributed by atoms with E-state index in [0.717, 1.165) is 17.8 Å². The van der Waals surface area contributed by atoms with Crippen molar-refractivity contribution in [2.24, 2.45) is 0 Å². The highest BCUT2D eigenvalue weighted by Gasteiger charge is 2.24. The van der Waals surface area contributed by atoms with Gasteiger partial charge in [-0.1, -0.05) is 13.8 Å². The van der Waals surface area contributed by atoms with Gasteiger partial charge in [-0.05, 0) is 75.2 Å². The second kappa shape index (κ2) is 8.93. The lowest BCUT2D eigenvalue weighted by molar-refractivity contribution is 0.102. The van der Waals surface area contributed by atoms with Crippen LogP contribution in [0.4, 0.5) is 20.2 Å². The van der Waals surface area contributed by atoms with Crippen molar-refractivity contribution in [3.8, 4) is 0 Å². The number of sulfonamides is 1. The molecule has 33 heavy (non-hydrogen) atoms. The largest absolute Gasteiger partial charge is 0.321 e. The Bertz CT molecular complexity index is 1280. The normalized spacial score (nSPS) is 12.1. The molecule has 2 N–H and O–H groups in total. The van der Waals surface area contributed by atoms with Crippen molar-refractivity contribution in [2.45, 2.75) is 51.0 Å². The zero-order valence-electron chi connectivity index (χ0n) is 19.0. The summed E-state index contributed by atoms with van der Waals surface area (Å²) < 4.78 is 55.4. The molecular formula is C23H26F2N4O3S. The molecule has 0 saturated carbocycles. The Morgan fingerprint density at radius 1 is 0.970 bits per heavy atom. The molecule has 1 amide bonds. The van der Waals surface area contributed by atoms with Crippen LogP contribution < -0.4 is 10.0 Å². The highest BCUT2D eigenvalue weighted by Crippen LogP contribution is 2.24. The van der Waals surface area contributed by atoms with Gasteiger partial charge in [-0.15, -0.1) is 0 Å². The fraction of sp³-hybridized carbons (Fsp3) is 0.304. The lowest BCUT2D eigenvalue weighted by Crippen LogP contribution is -2.26. The maximum atomic E-state index is 13.4. The van der Waals surface area contributed by atoms with E-state index >= 15 is 0 Å². The Morgan fingerprint density at radius 2 is 1.58 bits per heavy atom. The number of amides is 1. The Balaban J connectivity index is 1.74. The topological polar surface area (TPSA) is 93.1 Å². The second-order valence-electron chi connectivity index (χ2n) is 8.90. The Labute approximate surface area is 191 Å². The highest BCUT2D eigenvalue weighted by molar-refractivity contribution is 7.92. The van der Waals surface area contributed by atoms with Gasteiger partial charge in [-0.2, -0.15) is 5.10 Å². The third-order valence-corrected chi connectivity index (χ3v) is 6.17. The zero-order valence-corrected chi connectivity index (χ0v) is 19.8. The van der Waals surface area contributed by atoms with Gasteiger partial charge in [-0.25, -0.2) is 17.2 Å². The summed E-state index contributed by atoms with van der Waals surface area (Å²) >= 11 is 0. The smallest absolute Gasteiger partial charge is 0.276 e. The van der Waals surface area contributed by atoms with Gasteiger partial charge in [0.25, 0.3) is 15.9 Å². The Hall–Kier alpha value is -3.27. The molecule has 176 valence electrons. The third-order valence-electron chi connectivity index (χ3n) is 4.79. The first-order chi connectivity index (χ1) is 15.3. The minimum Gasteiger partial charge on any atom is -0.321 e. The number of rotatable bonds is 6. The van der Waals surface area contributed by atoms with E-state index < -0.39 is 32.5 Å². The highest BCUT2D eigenvalue weighted by atomic mass is 32.2. The second-order valence-corrected chi connectivity index (χ2v) is 10.6. The van der Waals surface area contributed by atoms with E-state index in [1.807, 2.05) is 39.3 Å². The van der Waals surface area contributed by atoms with Crippen LogP contribution in [0.15, 0.2) is 53.4 Å². The summed E-state index contributed by atoms with van der Waals surface area (Å²) in [5.74, 6) is -2.61. The average molecular weight is 477 g/mol. The minimum absolute atomic E-state index is 0.181. The summed E-state index contributed by atoms with van der Waals surface area (Å²) in [6, 6.07) is 10.0. The van der Waals surface area contributed by atoms with Gasteiger partial charge in [0.15, 0.2) is 17.3 Å². The van der Waals surface area contributed by atoms with Crippen molar-refractivity contribution in [1.29, 1.82) is 0 Å². The predicted molar refractivity (Wildman–Crippen MR) is 123 cm³/mol. The SMILES string of the molecule is CC(C)c1cc(C(=O)Nc2ccc(NS(=O)(=O)c3ccc(F)c(F)c3)cc2)nn1C(C)(C)C. The maximum absolute atomic E-state index is 13.4. The molecule has 0 saturated heterocycles. The van der Waals surface area contributed by atoms with Crippen LogP contribution >= 0.6 is 0 Å². The number of carbonyl (C=O) groups is 1. The van der Waals surface area contributed by atoms with Crippen molar-refractivity contribution in [3.63, 3.8) is 0 Å². The van der Waals surface area contributed by atoms with Crippen LogP contribution in [0.5, 0.6) is 0 Å². The molecule has 0 unspecified atom stereocenters. The molecule has 1 heterocycles. The standard InChI is InChI=1S/C23H26F2N4O3S/c1-14(2)21-13-20(27-29(21)23(3,4)5)22(30)26-15-6-8-16(9-7-15)28-33(31,32)17-10-11-18(24)19(25)12-17/h6-14,28H,1-5H3,(H,26,30). The van der Waals surface area contributed by atoms with Gasteiger partial charge in [0.05, 0.1) is 10.4 Å². The third kappa shape index (κ3) is 5.57. The van der Waals surface area contributed by atoms with Crippen LogP contribution in [-0.2, 0) is 15.6 Å². The van der Waals surface area contributed by atoms with Gasteiger partial charge in [0, 0.05) is 17.1 Å². The van der Waals surface area contributed by atoms with Crippen molar-refractivity contribution in [1.82, 2.24) is 9.78 Å². The molecule has 2 aromatic carbocycles. The van der Waals surface area contributed by atoms with E-state index in [-0.39, 0.29) is 22.8 Å². The van der Waals surface area contributed by atoms with Crippen LogP contribution in [-0.4, -0.2) is 24.1 Å². The molecule has 0 spiro atoms. The number of carbonyl (C=O) groups excluding carboxylic acids is 1. The number of hydrogen-bond donors (Lipinski definition) is 2. The predicted octanol–water partition coefficient (Wildman–Crippen LogP) is 5.09. The van der Waals surface area contributed by atoms with Crippen LogP contribution in [0.3, 0.4) is 0 Å². The van der Waals surface area contributed by atoms with E-state index in [9.17, 15) is 22.0 Å². The summed E-state index contributed by atoms with van der Waals surface area (Å²) in [6.45, 7) is 10.1. The van der Waals surface area contributed by atoms with E-state index in [1.165, 1.54) is 24.3 Å². The number of benzene rings is 2. The number of nitrogens with one attached hydrogen (secondary N) is 2. The van der Waals surface area contributed by atoms with Crippen molar-refractivity contribution >= 4 is 27.3 Å². The van der Waals surface area contributed by atoms with Crippen LogP contribution in [0, 0.1) is 11.6 Å². The number of halogens is 2. The Kier molecular flexibility index (Phi) is 6.60. The molecule has 0 aliphatic carbocycles. The van der Waals surface area contributed by atoms with Crippen molar-refractivity contribution in [2.75, 3.05) is 10.0 Å². The van der Waals surface area contributed by atoms with Crippen LogP contribution in [0.1, 0.15) is 56.7 Å². The molecule has 0 bridgehead atoms. The molecular weight excluding hydrogens is 450 g/mol. The van der Waals surface area contributed by atoms with Crippen molar-refractivity contribution in [3.05, 3.63) is 71.6 Å². The van der Waals surface area contributed by atoms with E-state index in [0.29, 0.717) is 11.8 Å². The summed E-state index contributed by atoms with van der Waals surface area (Å²) in [5, 5.41) is 7.21. The monoisotopic (exact) mass is 476 g/mol. The summed E-state index contributed by atoms with van der Waals surface area (Å²) in [5.41, 5.74) is 1.56. The number of aromatic nitrogens is 2. The zero-order chi connectivity index (χ0) is 24.6. The van der Waals surface area contributed by atoms with E-state index in [1.54, 1.807) is 6.07 Å². The first-order valence-corrected chi connectivity index (χ1v) is 11.8. The molecule has 0 aliphatic heterocycles. The quantitative estimate of drug-likeness (QED) is 0.518. The average Bonchev–Trinajstić information content (AvgIpc) is 3.18. The van der Waals surface area contributed by atoms with Gasteiger partial charge in [0.1, 0.15) is 0 Å². The molecule has 0 aliphatic rings. The van der Waals surface area contributed by atoms with E-state index in [2.05, 4.69) is 15.1 Å². The van der Waals surface area contributed by atoms with Gasteiger partial charge in [0.2, 0.25) is 0 Å². The molecule has 0 atom stereocenters. The number of anilines is 2. The summed E-state index contributed by atoms with van der Waals surface area (Å²) in [7, 11) is -4.11. The fourth-order valence-electron chi connectivity index (χ4n) is 3.13. The maximum Gasteiger partial charge on any atom is 0.276 e. The molecule has 3 aromatic rings. The van der Waals surface area contributed by atoms with Gasteiger partial charge in [-0.3, -0.25) is 14.2 Å². The Morgan fingerprint density at radius 3 is 2.09 bits per heavy atom. The fourth-order valence-corrected chi connectivity index (χ4v) is 4.20. The van der Waals surface area contributed by atoms with E-state index in [4.69, 9.17) is 0 Å². The molecule has 0 fully saturated rings. The number of hydrogen-bond acceptors (Lipinski definition) is 4. The van der Waals surface area contributed by atoms with Crippen LogP contribution in [0.2, 0.25) is 0 Å². The molecule has 1 aromatic heterocycles. The lowest BCUT2D eigenvalue weighted by atomic mass is 10.1. The molecule has 0 radical (unpaired) electrons. The molecule has 7 nitrogen and oxygen atoms in total. The minimum atomic E-state index is -4.11. The number of nitrogens with zero attached hydrogens (tertiary/aromatic N) is 2. The summed E-state index contributed by atoms with van der Waals surface area (Å²) in [4.78, 5) is 12.3. The molecule has 3 rings (SSSR count). The van der Waals surface area contributed by atoms with Crippen LogP contribution in [0.25, 0.3) is 0 Å². The van der Waals surface area contributed by atoms with Gasteiger partial charge >= 0.3 is 0 Å². The summed E-state index contributed by atoms with van der Waals surface area (Å²) in [6.07, 6.45) is 0. The van der Waals surface area contributed by atoms with Crippen molar-refractivity contribution < 1.29 is 22.0 Å². The lowest BCUT2D eigenvalue weighted by Gasteiger charge is -2.23. The first-order valence-electron chi connectivity index (χ1n) is 10.3. The first kappa shape index (κ1) is 24.4. The van der Waals surface area contributed by atoms with Gasteiger partial charge < -0.3 is 5.32 Å². The molecule has 10 heteroatoms.